The van der Waals surface area contributed by atoms with Crippen LogP contribution < -0.4 is 0 Å². The molecule has 0 aromatic heterocycles. The molecule has 0 heterocycles. The molecule has 3 heteroatoms. The predicted molar refractivity (Wildman–Crippen MR) is 72.9 cm³/mol. The molecular formula is C16H14O3. The average Bonchev–Trinajstić information content (AvgIpc) is 2.46. The van der Waals surface area contributed by atoms with E-state index in [9.17, 15) is 9.90 Å². The number of carbonyl (C=O) groups excluding carboxylic acids is 1. The largest absolute Gasteiger partial charge is 0.508 e. The zero-order chi connectivity index (χ0) is 13.7. The van der Waals surface area contributed by atoms with Crippen LogP contribution in [0.15, 0.2) is 67.3 Å². The van der Waals surface area contributed by atoms with Crippen molar-refractivity contribution in [3.8, 4) is 5.75 Å². The Hall–Kier alpha value is -2.55. The molecule has 0 saturated heterocycles. The maximum atomic E-state index is 11.9. The second-order valence-electron chi connectivity index (χ2n) is 4.02. The molecule has 0 amide bonds. The predicted octanol–water partition coefficient (Wildman–Crippen LogP) is 3.48. The Morgan fingerprint density at radius 3 is 2.32 bits per heavy atom. The topological polar surface area (TPSA) is 46.5 Å². The monoisotopic (exact) mass is 254 g/mol. The van der Waals surface area contributed by atoms with Crippen LogP contribution in [0.2, 0.25) is 0 Å². The first kappa shape index (κ1) is 12.9. The lowest BCUT2D eigenvalue weighted by Crippen LogP contribution is -2.09. The van der Waals surface area contributed by atoms with Crippen molar-refractivity contribution in [2.24, 2.45) is 0 Å². The maximum Gasteiger partial charge on any atom is 0.339 e. The highest BCUT2D eigenvalue weighted by Gasteiger charge is 2.14. The third-order valence-electron chi connectivity index (χ3n) is 2.68. The normalized spacial score (nSPS) is 11.6. The number of benzene rings is 2. The molecule has 0 aliphatic rings. The van der Waals surface area contributed by atoms with Crippen molar-refractivity contribution in [1.29, 1.82) is 0 Å². The summed E-state index contributed by atoms with van der Waals surface area (Å²) in [6, 6.07) is 15.3. The molecule has 1 atom stereocenters. The summed E-state index contributed by atoms with van der Waals surface area (Å²) in [4.78, 5) is 11.9. The summed E-state index contributed by atoms with van der Waals surface area (Å²) in [6.07, 6.45) is 1.09. The van der Waals surface area contributed by atoms with E-state index < -0.39 is 12.1 Å². The summed E-state index contributed by atoms with van der Waals surface area (Å²) in [6.45, 7) is 3.68. The van der Waals surface area contributed by atoms with E-state index in [1.165, 1.54) is 24.3 Å². The zero-order valence-electron chi connectivity index (χ0n) is 10.3. The van der Waals surface area contributed by atoms with Crippen LogP contribution in [0.5, 0.6) is 5.75 Å². The molecule has 19 heavy (non-hydrogen) atoms. The van der Waals surface area contributed by atoms with Crippen LogP contribution in [0, 0.1) is 0 Å². The first-order chi connectivity index (χ1) is 9.20. The van der Waals surface area contributed by atoms with Crippen LogP contribution in [0.1, 0.15) is 22.0 Å². The Labute approximate surface area is 111 Å². The Bertz CT molecular complexity index is 558. The van der Waals surface area contributed by atoms with Gasteiger partial charge in [0.15, 0.2) is 0 Å². The van der Waals surface area contributed by atoms with Gasteiger partial charge in [0.2, 0.25) is 0 Å². The van der Waals surface area contributed by atoms with E-state index in [1.807, 2.05) is 30.3 Å². The minimum Gasteiger partial charge on any atom is -0.508 e. The van der Waals surface area contributed by atoms with Crippen LogP contribution in [0.3, 0.4) is 0 Å². The highest BCUT2D eigenvalue weighted by atomic mass is 16.5. The fraction of sp³-hybridized carbons (Fsp3) is 0.0625. The molecule has 0 bridgehead atoms. The van der Waals surface area contributed by atoms with Crippen molar-refractivity contribution < 1.29 is 14.6 Å². The van der Waals surface area contributed by atoms with Crippen LogP contribution >= 0.6 is 0 Å². The quantitative estimate of drug-likeness (QED) is 0.671. The molecule has 0 fully saturated rings. The smallest absolute Gasteiger partial charge is 0.339 e. The molecule has 2 rings (SSSR count). The van der Waals surface area contributed by atoms with Gasteiger partial charge in [0.25, 0.3) is 0 Å². The summed E-state index contributed by atoms with van der Waals surface area (Å²) in [5.41, 5.74) is 1.25. The van der Waals surface area contributed by atoms with Crippen molar-refractivity contribution >= 4 is 5.97 Å². The number of hydrogen-bond acceptors (Lipinski definition) is 3. The number of esters is 1. The summed E-state index contributed by atoms with van der Waals surface area (Å²) in [5, 5.41) is 9.18. The lowest BCUT2D eigenvalue weighted by Gasteiger charge is -2.14. The number of phenolic OH excluding ortho intramolecular Hbond substituents is 1. The number of hydrogen-bond donors (Lipinski definition) is 1. The van der Waals surface area contributed by atoms with Crippen molar-refractivity contribution in [3.63, 3.8) is 0 Å². The van der Waals surface area contributed by atoms with Gasteiger partial charge in [-0.25, -0.2) is 4.79 Å². The van der Waals surface area contributed by atoms with Gasteiger partial charge in [-0.15, -0.1) is 0 Å². The molecule has 1 N–H and O–H groups in total. The van der Waals surface area contributed by atoms with Gasteiger partial charge in [-0.1, -0.05) is 36.9 Å². The van der Waals surface area contributed by atoms with E-state index >= 15 is 0 Å². The lowest BCUT2D eigenvalue weighted by atomic mass is 10.1. The van der Waals surface area contributed by atoms with E-state index in [4.69, 9.17) is 4.74 Å². The summed E-state index contributed by atoms with van der Waals surface area (Å²) >= 11 is 0. The maximum absolute atomic E-state index is 11.9. The third-order valence-corrected chi connectivity index (χ3v) is 2.68. The van der Waals surface area contributed by atoms with Gasteiger partial charge >= 0.3 is 5.97 Å². The summed E-state index contributed by atoms with van der Waals surface area (Å²) < 4.78 is 5.37. The van der Waals surface area contributed by atoms with Crippen LogP contribution in [0.25, 0.3) is 0 Å². The van der Waals surface area contributed by atoms with E-state index in [0.29, 0.717) is 5.56 Å². The zero-order valence-corrected chi connectivity index (χ0v) is 10.3. The van der Waals surface area contributed by atoms with Crippen molar-refractivity contribution in [3.05, 3.63) is 78.4 Å². The Morgan fingerprint density at radius 2 is 1.74 bits per heavy atom. The van der Waals surface area contributed by atoms with Crippen LogP contribution in [-0.4, -0.2) is 11.1 Å². The summed E-state index contributed by atoms with van der Waals surface area (Å²) in [5.74, 6) is -0.339. The molecule has 0 aliphatic heterocycles. The van der Waals surface area contributed by atoms with Gasteiger partial charge in [0.1, 0.15) is 11.9 Å². The Balaban J connectivity index is 2.13. The number of ether oxygens (including phenoxy) is 1. The number of carbonyl (C=O) groups is 1. The van der Waals surface area contributed by atoms with Gasteiger partial charge in [0.05, 0.1) is 5.56 Å². The fourth-order valence-corrected chi connectivity index (χ4v) is 1.68. The van der Waals surface area contributed by atoms with Crippen LogP contribution in [0.4, 0.5) is 0 Å². The van der Waals surface area contributed by atoms with Gasteiger partial charge in [-0.2, -0.15) is 0 Å². The Kier molecular flexibility index (Phi) is 3.98. The molecule has 3 nitrogen and oxygen atoms in total. The first-order valence-corrected chi connectivity index (χ1v) is 5.88. The minimum atomic E-state index is -0.484. The van der Waals surface area contributed by atoms with Gasteiger partial charge < -0.3 is 9.84 Å². The molecule has 2 aromatic carbocycles. The highest BCUT2D eigenvalue weighted by Crippen LogP contribution is 2.20. The molecule has 0 saturated carbocycles. The molecule has 1 unspecified atom stereocenters. The second-order valence-corrected chi connectivity index (χ2v) is 4.02. The highest BCUT2D eigenvalue weighted by molar-refractivity contribution is 5.89. The van der Waals surface area contributed by atoms with E-state index in [-0.39, 0.29) is 5.75 Å². The van der Waals surface area contributed by atoms with E-state index in [2.05, 4.69) is 6.58 Å². The van der Waals surface area contributed by atoms with E-state index in [1.54, 1.807) is 6.08 Å². The van der Waals surface area contributed by atoms with Gasteiger partial charge in [0, 0.05) is 0 Å². The van der Waals surface area contributed by atoms with E-state index in [0.717, 1.165) is 5.56 Å². The number of phenols is 1. The Morgan fingerprint density at radius 1 is 1.11 bits per heavy atom. The van der Waals surface area contributed by atoms with Crippen molar-refractivity contribution in [2.45, 2.75) is 6.10 Å². The molecule has 96 valence electrons. The fourth-order valence-electron chi connectivity index (χ4n) is 1.68. The van der Waals surface area contributed by atoms with Crippen molar-refractivity contribution in [2.75, 3.05) is 0 Å². The third kappa shape index (κ3) is 3.22. The second kappa shape index (κ2) is 5.87. The number of aromatic hydroxyl groups is 1. The van der Waals surface area contributed by atoms with Gasteiger partial charge in [-0.05, 0) is 35.9 Å². The molecular weight excluding hydrogens is 240 g/mol. The first-order valence-electron chi connectivity index (χ1n) is 5.88. The minimum absolute atomic E-state index is 0.111. The molecule has 0 spiro atoms. The standard InChI is InChI=1S/C16H14O3/c1-2-15(12-6-4-3-5-7-12)19-16(18)13-8-10-14(17)11-9-13/h2-11,15,17H,1H2. The van der Waals surface area contributed by atoms with Gasteiger partial charge in [-0.3, -0.25) is 0 Å². The SMILES string of the molecule is C=CC(OC(=O)c1ccc(O)cc1)c1ccccc1. The van der Waals surface area contributed by atoms with Crippen LogP contribution in [-0.2, 0) is 4.74 Å². The van der Waals surface area contributed by atoms with Crippen molar-refractivity contribution in [1.82, 2.24) is 0 Å². The lowest BCUT2D eigenvalue weighted by molar-refractivity contribution is 0.0392. The molecule has 0 aliphatic carbocycles. The molecule has 2 aromatic rings. The molecule has 0 radical (unpaired) electrons. The number of rotatable bonds is 4. The summed E-state index contributed by atoms with van der Waals surface area (Å²) in [7, 11) is 0. The average molecular weight is 254 g/mol.